The molecular formula is C16H24N2O4. The van der Waals surface area contributed by atoms with Gasteiger partial charge in [-0.2, -0.15) is 0 Å². The van der Waals surface area contributed by atoms with E-state index in [-0.39, 0.29) is 24.7 Å². The lowest BCUT2D eigenvalue weighted by Crippen LogP contribution is -2.42. The van der Waals surface area contributed by atoms with Gasteiger partial charge in [0.05, 0.1) is 5.69 Å². The lowest BCUT2D eigenvalue weighted by atomic mass is 10.1. The van der Waals surface area contributed by atoms with Crippen LogP contribution < -0.4 is 19.7 Å². The van der Waals surface area contributed by atoms with Crippen LogP contribution in [0.3, 0.4) is 0 Å². The Morgan fingerprint density at radius 1 is 1.45 bits per heavy atom. The number of carbonyl (C=O) groups is 1. The molecular weight excluding hydrogens is 284 g/mol. The number of aliphatic hydroxyl groups excluding tert-OH is 1. The smallest absolute Gasteiger partial charge is 0.264 e. The van der Waals surface area contributed by atoms with Gasteiger partial charge in [-0.15, -0.1) is 0 Å². The second-order valence-electron chi connectivity index (χ2n) is 6.47. The lowest BCUT2D eigenvalue weighted by molar-refractivity contribution is -0.120. The average molecular weight is 308 g/mol. The number of benzene rings is 1. The van der Waals surface area contributed by atoms with E-state index in [1.165, 1.54) is 0 Å². The van der Waals surface area contributed by atoms with E-state index >= 15 is 0 Å². The van der Waals surface area contributed by atoms with Crippen LogP contribution in [0.1, 0.15) is 20.8 Å². The molecule has 0 spiro atoms. The molecule has 6 nitrogen and oxygen atoms in total. The Kier molecular flexibility index (Phi) is 4.93. The fourth-order valence-electron chi connectivity index (χ4n) is 2.02. The third-order valence-corrected chi connectivity index (χ3v) is 3.33. The Morgan fingerprint density at radius 3 is 2.86 bits per heavy atom. The van der Waals surface area contributed by atoms with E-state index in [9.17, 15) is 9.90 Å². The Morgan fingerprint density at radius 2 is 2.18 bits per heavy atom. The predicted molar refractivity (Wildman–Crippen MR) is 84.6 cm³/mol. The fourth-order valence-corrected chi connectivity index (χ4v) is 2.02. The molecule has 0 saturated heterocycles. The van der Waals surface area contributed by atoms with Crippen LogP contribution in [-0.4, -0.2) is 49.5 Å². The van der Waals surface area contributed by atoms with Gasteiger partial charge in [-0.1, -0.05) is 0 Å². The van der Waals surface area contributed by atoms with Crippen LogP contribution in [0.2, 0.25) is 0 Å². The number of nitrogens with zero attached hydrogens (tertiary/aromatic N) is 1. The molecule has 122 valence electrons. The van der Waals surface area contributed by atoms with E-state index in [0.29, 0.717) is 23.7 Å². The molecule has 0 bridgehead atoms. The van der Waals surface area contributed by atoms with Crippen molar-refractivity contribution in [2.75, 3.05) is 31.7 Å². The third kappa shape index (κ3) is 4.35. The first kappa shape index (κ1) is 16.6. The first-order valence-corrected chi connectivity index (χ1v) is 7.35. The SMILES string of the molecule is CN1C(=O)COc2ccc(OCC(O)CNC(C)(C)C)cc21. The number of carbonyl (C=O) groups excluding carboxylic acids is 1. The largest absolute Gasteiger partial charge is 0.491 e. The van der Waals surface area contributed by atoms with Crippen LogP contribution >= 0.6 is 0 Å². The van der Waals surface area contributed by atoms with E-state index in [4.69, 9.17) is 9.47 Å². The minimum Gasteiger partial charge on any atom is -0.491 e. The van der Waals surface area contributed by atoms with Gasteiger partial charge in [-0.3, -0.25) is 4.79 Å². The standard InChI is InChI=1S/C16H24N2O4/c1-16(2,3)17-8-11(19)9-21-12-5-6-14-13(7-12)18(4)15(20)10-22-14/h5-7,11,17,19H,8-10H2,1-4H3. The van der Waals surface area contributed by atoms with E-state index in [0.717, 1.165) is 0 Å². The van der Waals surface area contributed by atoms with Gasteiger partial charge in [0.1, 0.15) is 24.2 Å². The zero-order valence-corrected chi connectivity index (χ0v) is 13.5. The summed E-state index contributed by atoms with van der Waals surface area (Å²) < 4.78 is 11.0. The van der Waals surface area contributed by atoms with Crippen molar-refractivity contribution in [1.29, 1.82) is 0 Å². The first-order chi connectivity index (χ1) is 10.3. The maximum atomic E-state index is 11.6. The van der Waals surface area contributed by atoms with Crippen molar-refractivity contribution in [3.63, 3.8) is 0 Å². The highest BCUT2D eigenvalue weighted by Gasteiger charge is 2.22. The molecule has 1 heterocycles. The maximum absolute atomic E-state index is 11.6. The Bertz CT molecular complexity index is 539. The molecule has 0 aliphatic carbocycles. The summed E-state index contributed by atoms with van der Waals surface area (Å²) >= 11 is 0. The molecule has 1 aliphatic heterocycles. The fraction of sp³-hybridized carbons (Fsp3) is 0.562. The van der Waals surface area contributed by atoms with Crippen molar-refractivity contribution in [3.8, 4) is 11.5 Å². The number of rotatable bonds is 5. The average Bonchev–Trinajstić information content (AvgIpc) is 2.46. The number of ether oxygens (including phenoxy) is 2. The number of hydrogen-bond acceptors (Lipinski definition) is 5. The van der Waals surface area contributed by atoms with Crippen molar-refractivity contribution >= 4 is 11.6 Å². The number of β-amino-alcohol motifs (C(OH)–C–C–N with tert-alkyl or cyclic N) is 1. The number of likely N-dealkylation sites (N-methyl/N-ethyl adjacent to an activating group) is 1. The summed E-state index contributed by atoms with van der Waals surface area (Å²) in [6.45, 7) is 6.81. The molecule has 2 N–H and O–H groups in total. The molecule has 0 radical (unpaired) electrons. The van der Waals surface area contributed by atoms with Gasteiger partial charge in [0.2, 0.25) is 0 Å². The summed E-state index contributed by atoms with van der Waals surface area (Å²) in [5.41, 5.74) is 0.629. The number of hydrogen-bond donors (Lipinski definition) is 2. The van der Waals surface area contributed by atoms with Crippen molar-refractivity contribution < 1.29 is 19.4 Å². The van der Waals surface area contributed by atoms with E-state index < -0.39 is 6.10 Å². The normalized spacial score (nSPS) is 16.0. The zero-order chi connectivity index (χ0) is 16.3. The van der Waals surface area contributed by atoms with Gasteiger partial charge in [-0.05, 0) is 32.9 Å². The molecule has 1 amide bonds. The van der Waals surface area contributed by atoms with Gasteiger partial charge < -0.3 is 24.8 Å². The van der Waals surface area contributed by atoms with Crippen LogP contribution in [0, 0.1) is 0 Å². The summed E-state index contributed by atoms with van der Waals surface area (Å²) in [7, 11) is 1.70. The predicted octanol–water partition coefficient (Wildman–Crippen LogP) is 1.17. The van der Waals surface area contributed by atoms with Gasteiger partial charge in [0.15, 0.2) is 6.61 Å². The van der Waals surface area contributed by atoms with E-state index in [2.05, 4.69) is 5.32 Å². The highest BCUT2D eigenvalue weighted by molar-refractivity contribution is 5.97. The van der Waals surface area contributed by atoms with Crippen LogP contribution in [0.15, 0.2) is 18.2 Å². The maximum Gasteiger partial charge on any atom is 0.264 e. The van der Waals surface area contributed by atoms with Crippen molar-refractivity contribution in [3.05, 3.63) is 18.2 Å². The molecule has 1 aromatic rings. The summed E-state index contributed by atoms with van der Waals surface area (Å²) in [4.78, 5) is 13.2. The molecule has 6 heteroatoms. The van der Waals surface area contributed by atoms with Crippen molar-refractivity contribution in [2.24, 2.45) is 0 Å². The van der Waals surface area contributed by atoms with Crippen molar-refractivity contribution in [1.82, 2.24) is 5.32 Å². The molecule has 0 aromatic heterocycles. The van der Waals surface area contributed by atoms with Crippen LogP contribution in [0.4, 0.5) is 5.69 Å². The molecule has 0 saturated carbocycles. The number of aliphatic hydroxyl groups is 1. The Balaban J connectivity index is 1.93. The molecule has 1 unspecified atom stereocenters. The van der Waals surface area contributed by atoms with Crippen LogP contribution in [0.5, 0.6) is 11.5 Å². The number of nitrogens with one attached hydrogen (secondary N) is 1. The molecule has 2 rings (SSSR count). The Hall–Kier alpha value is -1.79. The zero-order valence-electron chi connectivity index (χ0n) is 13.5. The second kappa shape index (κ2) is 6.54. The van der Waals surface area contributed by atoms with Gasteiger partial charge in [0.25, 0.3) is 5.91 Å². The van der Waals surface area contributed by atoms with Crippen LogP contribution in [0.25, 0.3) is 0 Å². The minimum absolute atomic E-state index is 0.0484. The van der Waals surface area contributed by atoms with Gasteiger partial charge >= 0.3 is 0 Å². The van der Waals surface area contributed by atoms with Crippen molar-refractivity contribution in [2.45, 2.75) is 32.4 Å². The van der Waals surface area contributed by atoms with Gasteiger partial charge in [-0.25, -0.2) is 0 Å². The summed E-state index contributed by atoms with van der Waals surface area (Å²) in [5.74, 6) is 1.15. The molecule has 0 fully saturated rings. The molecule has 1 aliphatic rings. The number of fused-ring (bicyclic) bond motifs is 1. The second-order valence-corrected chi connectivity index (χ2v) is 6.47. The monoisotopic (exact) mass is 308 g/mol. The third-order valence-electron chi connectivity index (χ3n) is 3.33. The summed E-state index contributed by atoms with van der Waals surface area (Å²) in [6, 6.07) is 5.29. The highest BCUT2D eigenvalue weighted by Crippen LogP contribution is 2.34. The van der Waals surface area contributed by atoms with E-state index in [1.54, 1.807) is 30.1 Å². The highest BCUT2D eigenvalue weighted by atomic mass is 16.5. The minimum atomic E-state index is -0.606. The quantitative estimate of drug-likeness (QED) is 0.854. The lowest BCUT2D eigenvalue weighted by Gasteiger charge is -2.26. The molecule has 1 atom stereocenters. The molecule has 22 heavy (non-hydrogen) atoms. The Labute approximate surface area is 131 Å². The molecule has 1 aromatic carbocycles. The van der Waals surface area contributed by atoms with E-state index in [1.807, 2.05) is 20.8 Å². The number of amides is 1. The summed E-state index contributed by atoms with van der Waals surface area (Å²) in [6.07, 6.45) is -0.606. The topological polar surface area (TPSA) is 71.0 Å². The first-order valence-electron chi connectivity index (χ1n) is 7.35. The van der Waals surface area contributed by atoms with Crippen LogP contribution in [-0.2, 0) is 4.79 Å². The van der Waals surface area contributed by atoms with Gasteiger partial charge in [0, 0.05) is 25.2 Å². The number of anilines is 1. The summed E-state index contributed by atoms with van der Waals surface area (Å²) in [5, 5.41) is 13.1.